The Morgan fingerprint density at radius 1 is 1.10 bits per heavy atom. The summed E-state index contributed by atoms with van der Waals surface area (Å²) < 4.78 is 1.42. The molecule has 4 heteroatoms. The summed E-state index contributed by atoms with van der Waals surface area (Å²) >= 11 is 1.98. The summed E-state index contributed by atoms with van der Waals surface area (Å²) in [4.78, 5) is 16.8. The van der Waals surface area contributed by atoms with E-state index in [0.717, 1.165) is 24.8 Å². The average molecular weight is 411 g/mol. The monoisotopic (exact) mass is 410 g/mol. The number of likely N-dealkylation sites (tertiary alicyclic amines) is 1. The van der Waals surface area contributed by atoms with E-state index in [1.54, 1.807) is 4.88 Å². The van der Waals surface area contributed by atoms with Crippen LogP contribution in [0.3, 0.4) is 0 Å². The summed E-state index contributed by atoms with van der Waals surface area (Å²) in [5.74, 6) is 2.78. The van der Waals surface area contributed by atoms with Crippen LogP contribution in [0.2, 0.25) is 0 Å². The molecule has 2 heterocycles. The topological polar surface area (TPSA) is 32.3 Å². The molecule has 1 aliphatic heterocycles. The van der Waals surface area contributed by atoms with Gasteiger partial charge in [0.15, 0.2) is 0 Å². The number of piperidine rings is 1. The standard InChI is InChI=1S/C25H34N2OS/c1-17-6-8-21(9-7-17)26-25(28)22-14-20(22)16-27-12-10-18(11-13-27)24-15-19-4-2-3-5-23(19)29-24/h2-5,15,17-18,20-22H,6-14,16H2,1H3,(H,26,28)/t17?,20?,21?,22-/m1/s1. The van der Waals surface area contributed by atoms with Crippen molar-refractivity contribution in [3.63, 3.8) is 0 Å². The lowest BCUT2D eigenvalue weighted by Crippen LogP contribution is -2.39. The van der Waals surface area contributed by atoms with Gasteiger partial charge in [0.1, 0.15) is 0 Å². The zero-order valence-corrected chi connectivity index (χ0v) is 18.4. The first-order valence-corrected chi connectivity index (χ1v) is 12.5. The maximum absolute atomic E-state index is 12.6. The molecule has 3 nitrogen and oxygen atoms in total. The molecular formula is C25H34N2OS. The summed E-state index contributed by atoms with van der Waals surface area (Å²) in [5, 5.41) is 4.75. The molecule has 29 heavy (non-hydrogen) atoms. The number of rotatable bonds is 5. The van der Waals surface area contributed by atoms with Gasteiger partial charge in [-0.1, -0.05) is 25.1 Å². The predicted molar refractivity (Wildman–Crippen MR) is 121 cm³/mol. The SMILES string of the molecule is CC1CCC(NC(=O)[C@@H]2CC2CN2CCC(c3cc4ccccc4s3)CC2)CC1. The summed E-state index contributed by atoms with van der Waals surface area (Å²) in [6, 6.07) is 11.6. The van der Waals surface area contributed by atoms with Crippen LogP contribution in [0.1, 0.15) is 62.7 Å². The molecule has 2 aromatic rings. The lowest BCUT2D eigenvalue weighted by molar-refractivity contribution is -0.123. The second-order valence-electron chi connectivity index (χ2n) is 9.83. The number of benzene rings is 1. The Morgan fingerprint density at radius 2 is 1.86 bits per heavy atom. The molecule has 5 rings (SSSR count). The zero-order chi connectivity index (χ0) is 19.8. The molecule has 0 bridgehead atoms. The van der Waals surface area contributed by atoms with E-state index in [-0.39, 0.29) is 5.92 Å². The fourth-order valence-corrected chi connectivity index (χ4v) is 6.65. The molecule has 1 aromatic heterocycles. The number of fused-ring (bicyclic) bond motifs is 1. The summed E-state index contributed by atoms with van der Waals surface area (Å²) in [7, 11) is 0. The largest absolute Gasteiger partial charge is 0.353 e. The third-order valence-electron chi connectivity index (χ3n) is 7.55. The van der Waals surface area contributed by atoms with Crippen LogP contribution < -0.4 is 5.32 Å². The van der Waals surface area contributed by atoms with E-state index >= 15 is 0 Å². The van der Waals surface area contributed by atoms with Gasteiger partial charge in [-0.2, -0.15) is 0 Å². The van der Waals surface area contributed by atoms with E-state index < -0.39 is 0 Å². The zero-order valence-electron chi connectivity index (χ0n) is 17.6. The lowest BCUT2D eigenvalue weighted by atomic mass is 9.87. The number of hydrogen-bond acceptors (Lipinski definition) is 3. The molecule has 2 saturated carbocycles. The first-order valence-electron chi connectivity index (χ1n) is 11.7. The molecule has 2 aliphatic carbocycles. The third kappa shape index (κ3) is 4.54. The minimum atomic E-state index is 0.287. The fourth-order valence-electron chi connectivity index (χ4n) is 5.42. The van der Waals surface area contributed by atoms with Crippen LogP contribution >= 0.6 is 11.3 Å². The van der Waals surface area contributed by atoms with E-state index in [4.69, 9.17) is 0 Å². The number of nitrogens with one attached hydrogen (secondary N) is 1. The minimum absolute atomic E-state index is 0.287. The van der Waals surface area contributed by atoms with Gasteiger partial charge in [-0.25, -0.2) is 0 Å². The Morgan fingerprint density at radius 3 is 2.62 bits per heavy atom. The molecule has 1 unspecified atom stereocenters. The molecule has 0 spiro atoms. The maximum Gasteiger partial charge on any atom is 0.223 e. The smallest absolute Gasteiger partial charge is 0.223 e. The minimum Gasteiger partial charge on any atom is -0.353 e. The van der Waals surface area contributed by atoms with Crippen LogP contribution in [0.25, 0.3) is 10.1 Å². The van der Waals surface area contributed by atoms with Gasteiger partial charge in [0.2, 0.25) is 5.91 Å². The highest BCUT2D eigenvalue weighted by atomic mass is 32.1. The van der Waals surface area contributed by atoms with E-state index in [1.165, 1.54) is 61.7 Å². The number of amides is 1. The van der Waals surface area contributed by atoms with Gasteiger partial charge in [0.05, 0.1) is 0 Å². The summed E-state index contributed by atoms with van der Waals surface area (Å²) in [6.45, 7) is 5.83. The molecule has 2 atom stereocenters. The molecular weight excluding hydrogens is 376 g/mol. The second-order valence-corrected chi connectivity index (χ2v) is 10.9. The van der Waals surface area contributed by atoms with Gasteiger partial charge < -0.3 is 10.2 Å². The lowest BCUT2D eigenvalue weighted by Gasteiger charge is -2.31. The molecule has 3 aliphatic rings. The van der Waals surface area contributed by atoms with Gasteiger partial charge >= 0.3 is 0 Å². The van der Waals surface area contributed by atoms with E-state index in [1.807, 2.05) is 11.3 Å². The van der Waals surface area contributed by atoms with Crippen LogP contribution in [-0.4, -0.2) is 36.5 Å². The molecule has 1 saturated heterocycles. The number of thiophene rings is 1. The van der Waals surface area contributed by atoms with Gasteiger partial charge in [-0.15, -0.1) is 11.3 Å². The summed E-state index contributed by atoms with van der Waals surface area (Å²) in [6.07, 6.45) is 8.52. The highest BCUT2D eigenvalue weighted by molar-refractivity contribution is 7.19. The first-order chi connectivity index (χ1) is 14.2. The molecule has 0 radical (unpaired) electrons. The van der Waals surface area contributed by atoms with Crippen LogP contribution in [0.5, 0.6) is 0 Å². The van der Waals surface area contributed by atoms with Crippen LogP contribution in [-0.2, 0) is 4.79 Å². The molecule has 1 aromatic carbocycles. The normalized spacial score (nSPS) is 31.1. The Kier molecular flexibility index (Phi) is 5.66. The van der Waals surface area contributed by atoms with Gasteiger partial charge in [0.25, 0.3) is 0 Å². The maximum atomic E-state index is 12.6. The van der Waals surface area contributed by atoms with Crippen molar-refractivity contribution < 1.29 is 4.79 Å². The number of carbonyl (C=O) groups excluding carboxylic acids is 1. The van der Waals surface area contributed by atoms with Gasteiger partial charge in [-0.3, -0.25) is 4.79 Å². The fraction of sp³-hybridized carbons (Fsp3) is 0.640. The van der Waals surface area contributed by atoms with Crippen molar-refractivity contribution in [3.8, 4) is 0 Å². The van der Waals surface area contributed by atoms with Crippen LogP contribution in [0.15, 0.2) is 30.3 Å². The van der Waals surface area contributed by atoms with Crippen molar-refractivity contribution in [1.82, 2.24) is 10.2 Å². The van der Waals surface area contributed by atoms with Crippen molar-refractivity contribution in [1.29, 1.82) is 0 Å². The first kappa shape index (κ1) is 19.6. The van der Waals surface area contributed by atoms with Crippen molar-refractivity contribution in [3.05, 3.63) is 35.2 Å². The Balaban J connectivity index is 1.06. The molecule has 1 amide bonds. The Labute approximate surface area is 178 Å². The van der Waals surface area contributed by atoms with Crippen molar-refractivity contribution >= 4 is 27.3 Å². The number of carbonyl (C=O) groups is 1. The highest BCUT2D eigenvalue weighted by Crippen LogP contribution is 2.41. The van der Waals surface area contributed by atoms with E-state index in [2.05, 4.69) is 47.5 Å². The van der Waals surface area contributed by atoms with E-state index in [9.17, 15) is 4.79 Å². The van der Waals surface area contributed by atoms with Crippen molar-refractivity contribution in [2.45, 2.75) is 63.8 Å². The third-order valence-corrected chi connectivity index (χ3v) is 8.83. The highest BCUT2D eigenvalue weighted by Gasteiger charge is 2.44. The predicted octanol–water partition coefficient (Wildman–Crippen LogP) is 5.41. The molecule has 1 N–H and O–H groups in total. The summed E-state index contributed by atoms with van der Waals surface area (Å²) in [5.41, 5.74) is 0. The Bertz CT molecular complexity index is 812. The quantitative estimate of drug-likeness (QED) is 0.715. The van der Waals surface area contributed by atoms with Crippen LogP contribution in [0.4, 0.5) is 0 Å². The number of nitrogens with zero attached hydrogens (tertiary/aromatic N) is 1. The molecule has 3 fully saturated rings. The molecule has 156 valence electrons. The number of hydrogen-bond donors (Lipinski definition) is 1. The Hall–Kier alpha value is -1.39. The van der Waals surface area contributed by atoms with Crippen molar-refractivity contribution in [2.24, 2.45) is 17.8 Å². The van der Waals surface area contributed by atoms with Crippen LogP contribution in [0, 0.1) is 17.8 Å². The van der Waals surface area contributed by atoms with E-state index in [0.29, 0.717) is 17.9 Å². The van der Waals surface area contributed by atoms with Crippen molar-refractivity contribution in [2.75, 3.05) is 19.6 Å². The second kappa shape index (κ2) is 8.39. The van der Waals surface area contributed by atoms with Gasteiger partial charge in [-0.05, 0) is 93.3 Å². The van der Waals surface area contributed by atoms with Gasteiger partial charge in [0, 0.05) is 28.1 Å². The average Bonchev–Trinajstić information content (AvgIpc) is 3.37.